The summed E-state index contributed by atoms with van der Waals surface area (Å²) in [6, 6.07) is 0. The van der Waals surface area contributed by atoms with Crippen LogP contribution in [0.1, 0.15) is 65.7 Å². The minimum absolute atomic E-state index is 0.601. The number of rotatable bonds is 13. The Labute approximate surface area is 113 Å². The standard InChI is InChI=1S/C15H31O3/c1-4-5-9-15(16)18-12-8-6-7-11-17-13-10-14(2)3/h14-15H,4-13H2,1-3H3. The van der Waals surface area contributed by atoms with Crippen molar-refractivity contribution in [2.24, 2.45) is 5.92 Å². The van der Waals surface area contributed by atoms with E-state index in [0.29, 0.717) is 13.0 Å². The average molecular weight is 259 g/mol. The van der Waals surface area contributed by atoms with E-state index in [1.54, 1.807) is 0 Å². The predicted molar refractivity (Wildman–Crippen MR) is 74.1 cm³/mol. The molecule has 0 spiro atoms. The van der Waals surface area contributed by atoms with Crippen LogP contribution in [-0.2, 0) is 14.6 Å². The fourth-order valence-electron chi connectivity index (χ4n) is 1.57. The van der Waals surface area contributed by atoms with Crippen LogP contribution in [0.4, 0.5) is 0 Å². The van der Waals surface area contributed by atoms with E-state index in [1.807, 2.05) is 0 Å². The van der Waals surface area contributed by atoms with Crippen LogP contribution >= 0.6 is 0 Å². The zero-order valence-electron chi connectivity index (χ0n) is 12.5. The van der Waals surface area contributed by atoms with E-state index < -0.39 is 6.29 Å². The van der Waals surface area contributed by atoms with E-state index >= 15 is 0 Å². The molecule has 0 rings (SSSR count). The highest BCUT2D eigenvalue weighted by Crippen LogP contribution is 2.05. The van der Waals surface area contributed by atoms with Gasteiger partial charge < -0.3 is 9.47 Å². The summed E-state index contributed by atoms with van der Waals surface area (Å²) >= 11 is 0. The lowest BCUT2D eigenvalue weighted by atomic mass is 10.1. The molecular weight excluding hydrogens is 228 g/mol. The Morgan fingerprint density at radius 2 is 1.61 bits per heavy atom. The van der Waals surface area contributed by atoms with Gasteiger partial charge in [-0.3, -0.25) is 0 Å². The molecule has 1 unspecified atom stereocenters. The summed E-state index contributed by atoms with van der Waals surface area (Å²) in [6.45, 7) is 8.81. The molecule has 0 fully saturated rings. The molecule has 0 bridgehead atoms. The minimum Gasteiger partial charge on any atom is -0.381 e. The molecule has 109 valence electrons. The van der Waals surface area contributed by atoms with Crippen molar-refractivity contribution in [2.75, 3.05) is 19.8 Å². The molecule has 3 nitrogen and oxygen atoms in total. The molecular formula is C15H31O3. The first-order chi connectivity index (χ1) is 8.66. The smallest absolute Gasteiger partial charge is 0.191 e. The maximum absolute atomic E-state index is 11.3. The second-order valence-electron chi connectivity index (χ2n) is 5.30. The lowest BCUT2D eigenvalue weighted by molar-refractivity contribution is -0.144. The maximum Gasteiger partial charge on any atom is 0.191 e. The molecule has 0 saturated heterocycles. The molecule has 1 atom stereocenters. The Balaban J connectivity index is 3.07. The molecule has 3 heteroatoms. The van der Waals surface area contributed by atoms with Gasteiger partial charge in [0.1, 0.15) is 0 Å². The second kappa shape index (κ2) is 13.3. The Bertz CT molecular complexity index is 160. The third kappa shape index (κ3) is 13.9. The molecule has 0 amide bonds. The molecule has 0 aromatic carbocycles. The highest BCUT2D eigenvalue weighted by Gasteiger charge is 2.04. The Morgan fingerprint density at radius 3 is 2.28 bits per heavy atom. The summed E-state index contributed by atoms with van der Waals surface area (Å²) in [7, 11) is 0. The van der Waals surface area contributed by atoms with Gasteiger partial charge in [-0.25, -0.2) is 5.11 Å². The SMILES string of the molecule is CCCCC([O])OCCCCCOCCC(C)C. The third-order valence-electron chi connectivity index (χ3n) is 2.87. The summed E-state index contributed by atoms with van der Waals surface area (Å²) in [5.74, 6) is 0.718. The van der Waals surface area contributed by atoms with Gasteiger partial charge in [-0.1, -0.05) is 27.2 Å². The summed E-state index contributed by atoms with van der Waals surface area (Å²) in [6.07, 6.45) is 6.13. The monoisotopic (exact) mass is 259 g/mol. The van der Waals surface area contributed by atoms with Gasteiger partial charge in [-0.15, -0.1) is 0 Å². The van der Waals surface area contributed by atoms with E-state index in [4.69, 9.17) is 9.47 Å². The molecule has 0 aromatic rings. The van der Waals surface area contributed by atoms with E-state index in [9.17, 15) is 5.11 Å². The summed E-state index contributed by atoms with van der Waals surface area (Å²) in [5, 5.41) is 11.3. The van der Waals surface area contributed by atoms with Gasteiger partial charge in [0.15, 0.2) is 6.29 Å². The fraction of sp³-hybridized carbons (Fsp3) is 1.00. The Morgan fingerprint density at radius 1 is 0.889 bits per heavy atom. The summed E-state index contributed by atoms with van der Waals surface area (Å²) < 4.78 is 10.7. The van der Waals surface area contributed by atoms with Gasteiger partial charge >= 0.3 is 0 Å². The van der Waals surface area contributed by atoms with Crippen LogP contribution in [-0.4, -0.2) is 26.1 Å². The first-order valence-electron chi connectivity index (χ1n) is 7.52. The zero-order valence-corrected chi connectivity index (χ0v) is 12.5. The molecule has 0 aliphatic rings. The normalized spacial score (nSPS) is 13.2. The van der Waals surface area contributed by atoms with Gasteiger partial charge in [-0.05, 0) is 38.0 Å². The molecule has 0 N–H and O–H groups in total. The van der Waals surface area contributed by atoms with Crippen molar-refractivity contribution in [3.63, 3.8) is 0 Å². The molecule has 0 aliphatic carbocycles. The summed E-state index contributed by atoms with van der Waals surface area (Å²) in [4.78, 5) is 0. The molecule has 0 aliphatic heterocycles. The van der Waals surface area contributed by atoms with Crippen LogP contribution in [0.3, 0.4) is 0 Å². The fourth-order valence-corrected chi connectivity index (χ4v) is 1.57. The third-order valence-corrected chi connectivity index (χ3v) is 2.87. The van der Waals surface area contributed by atoms with Gasteiger partial charge in [0, 0.05) is 26.2 Å². The highest BCUT2D eigenvalue weighted by atomic mass is 16.6. The van der Waals surface area contributed by atoms with Crippen LogP contribution in [0, 0.1) is 5.92 Å². The van der Waals surface area contributed by atoms with Gasteiger partial charge in [-0.2, -0.15) is 0 Å². The van der Waals surface area contributed by atoms with E-state index in [1.165, 1.54) is 0 Å². The second-order valence-corrected chi connectivity index (χ2v) is 5.30. The zero-order chi connectivity index (χ0) is 13.6. The number of hydrogen-bond acceptors (Lipinski definition) is 2. The Kier molecular flexibility index (Phi) is 13.2. The number of unbranched alkanes of at least 4 members (excludes halogenated alkanes) is 3. The number of ether oxygens (including phenoxy) is 2. The van der Waals surface area contributed by atoms with Crippen molar-refractivity contribution in [1.82, 2.24) is 0 Å². The molecule has 18 heavy (non-hydrogen) atoms. The molecule has 0 saturated carbocycles. The van der Waals surface area contributed by atoms with Crippen molar-refractivity contribution in [3.05, 3.63) is 0 Å². The van der Waals surface area contributed by atoms with Crippen molar-refractivity contribution in [3.8, 4) is 0 Å². The first kappa shape index (κ1) is 17.9. The summed E-state index contributed by atoms with van der Waals surface area (Å²) in [5.41, 5.74) is 0. The van der Waals surface area contributed by atoms with E-state index in [0.717, 1.165) is 57.7 Å². The Hall–Kier alpha value is -0.120. The van der Waals surface area contributed by atoms with Crippen LogP contribution in [0.25, 0.3) is 0 Å². The van der Waals surface area contributed by atoms with Crippen molar-refractivity contribution >= 4 is 0 Å². The lowest BCUT2D eigenvalue weighted by Crippen LogP contribution is -2.11. The predicted octanol–water partition coefficient (Wildman–Crippen LogP) is 4.18. The van der Waals surface area contributed by atoms with Crippen molar-refractivity contribution in [2.45, 2.75) is 72.0 Å². The largest absolute Gasteiger partial charge is 0.381 e. The van der Waals surface area contributed by atoms with E-state index in [-0.39, 0.29) is 0 Å². The average Bonchev–Trinajstić information content (AvgIpc) is 2.34. The lowest BCUT2D eigenvalue weighted by Gasteiger charge is -2.09. The van der Waals surface area contributed by atoms with Crippen LogP contribution < -0.4 is 0 Å². The van der Waals surface area contributed by atoms with Crippen LogP contribution in [0.5, 0.6) is 0 Å². The first-order valence-corrected chi connectivity index (χ1v) is 7.52. The molecule has 0 heterocycles. The van der Waals surface area contributed by atoms with Gasteiger partial charge in [0.05, 0.1) is 0 Å². The maximum atomic E-state index is 11.3. The highest BCUT2D eigenvalue weighted by molar-refractivity contribution is 4.46. The van der Waals surface area contributed by atoms with E-state index in [2.05, 4.69) is 20.8 Å². The quantitative estimate of drug-likeness (QED) is 0.367. The van der Waals surface area contributed by atoms with Crippen molar-refractivity contribution < 1.29 is 14.6 Å². The van der Waals surface area contributed by atoms with Crippen LogP contribution in [0.2, 0.25) is 0 Å². The van der Waals surface area contributed by atoms with Crippen molar-refractivity contribution in [1.29, 1.82) is 0 Å². The topological polar surface area (TPSA) is 38.4 Å². The molecule has 1 radical (unpaired) electrons. The van der Waals surface area contributed by atoms with Gasteiger partial charge in [0.25, 0.3) is 0 Å². The number of hydrogen-bond donors (Lipinski definition) is 0. The van der Waals surface area contributed by atoms with Gasteiger partial charge in [0.2, 0.25) is 0 Å². The van der Waals surface area contributed by atoms with Crippen LogP contribution in [0.15, 0.2) is 0 Å². The minimum atomic E-state index is -0.813. The molecule has 0 aromatic heterocycles.